The number of β-lactam (4-membered cyclic amide) rings is 1. The third-order valence-corrected chi connectivity index (χ3v) is 8.67. The van der Waals surface area contributed by atoms with Gasteiger partial charge in [0.25, 0.3) is 5.91 Å². The van der Waals surface area contributed by atoms with Gasteiger partial charge in [0.15, 0.2) is 4.34 Å². The second-order valence-electron chi connectivity index (χ2n) is 7.16. The van der Waals surface area contributed by atoms with E-state index in [4.69, 9.17) is 11.6 Å². The molecule has 2 aliphatic rings. The van der Waals surface area contributed by atoms with Crippen molar-refractivity contribution in [2.24, 2.45) is 0 Å². The van der Waals surface area contributed by atoms with Gasteiger partial charge in [0.1, 0.15) is 22.1 Å². The van der Waals surface area contributed by atoms with Crippen LogP contribution in [0.2, 0.25) is 5.02 Å². The second kappa shape index (κ2) is 9.41. The minimum atomic E-state index is -1.15. The number of nitrogens with zero attached hydrogens (tertiary/aromatic N) is 5. The Morgan fingerprint density at radius 3 is 2.78 bits per heavy atom. The second-order valence-corrected chi connectivity index (χ2v) is 11.1. The van der Waals surface area contributed by atoms with Crippen LogP contribution in [0.25, 0.3) is 0 Å². The van der Waals surface area contributed by atoms with Crippen LogP contribution < -0.4 is 5.32 Å². The molecule has 1 fully saturated rings. The standard InChI is InChI=1S/C18H19ClN6O4S3/c1-8-11(19)5-24(23-8)4-3-12(26)20-13-15(27)25-14(17(28)29)10(6-30-16(13)25)7-31-18-22-21-9(2)32-18/h5,13,16H,3-4,6-7H2,1-2H3,(H,20,26)(H,28,29)/t13-,16+/m0/s1. The van der Waals surface area contributed by atoms with Crippen molar-refractivity contribution in [2.45, 2.75) is 42.6 Å². The highest BCUT2D eigenvalue weighted by Gasteiger charge is 2.54. The van der Waals surface area contributed by atoms with E-state index in [-0.39, 0.29) is 18.0 Å². The summed E-state index contributed by atoms with van der Waals surface area (Å²) in [7, 11) is 0. The molecule has 0 saturated carbocycles. The van der Waals surface area contributed by atoms with Crippen LogP contribution in [0.3, 0.4) is 0 Å². The van der Waals surface area contributed by atoms with Gasteiger partial charge >= 0.3 is 5.97 Å². The molecule has 2 aliphatic heterocycles. The lowest BCUT2D eigenvalue weighted by Crippen LogP contribution is -2.70. The number of thioether (sulfide) groups is 2. The van der Waals surface area contributed by atoms with Gasteiger partial charge < -0.3 is 10.4 Å². The lowest BCUT2D eigenvalue weighted by Gasteiger charge is -2.49. The van der Waals surface area contributed by atoms with Gasteiger partial charge in [-0.05, 0) is 19.4 Å². The monoisotopic (exact) mass is 514 g/mol. The van der Waals surface area contributed by atoms with Gasteiger partial charge in [-0.15, -0.1) is 22.0 Å². The Kier molecular flexibility index (Phi) is 6.79. The fourth-order valence-electron chi connectivity index (χ4n) is 3.35. The summed E-state index contributed by atoms with van der Waals surface area (Å²) in [4.78, 5) is 38.3. The first-order valence-corrected chi connectivity index (χ1v) is 12.8. The predicted octanol–water partition coefficient (Wildman–Crippen LogP) is 1.93. The number of aryl methyl sites for hydroxylation is 3. The summed E-state index contributed by atoms with van der Waals surface area (Å²) >= 11 is 10.3. The molecular formula is C18H19ClN6O4S3. The number of nitrogens with one attached hydrogen (secondary N) is 1. The van der Waals surface area contributed by atoms with E-state index >= 15 is 0 Å². The number of halogens is 1. The maximum atomic E-state index is 12.7. The van der Waals surface area contributed by atoms with E-state index in [1.807, 2.05) is 6.92 Å². The Labute approximate surface area is 200 Å². The van der Waals surface area contributed by atoms with Crippen molar-refractivity contribution >= 4 is 64.2 Å². The van der Waals surface area contributed by atoms with Gasteiger partial charge in [-0.3, -0.25) is 19.2 Å². The summed E-state index contributed by atoms with van der Waals surface area (Å²) in [6.07, 6.45) is 1.77. The maximum absolute atomic E-state index is 12.7. The Hall–Kier alpha value is -2.09. The molecule has 32 heavy (non-hydrogen) atoms. The van der Waals surface area contributed by atoms with Crippen LogP contribution in [-0.4, -0.2) is 70.7 Å². The Morgan fingerprint density at radius 1 is 1.38 bits per heavy atom. The summed E-state index contributed by atoms with van der Waals surface area (Å²) < 4.78 is 2.33. The van der Waals surface area contributed by atoms with E-state index in [0.717, 1.165) is 9.35 Å². The number of hydrogen-bond donors (Lipinski definition) is 2. The number of fused-ring (bicyclic) bond motifs is 1. The average molecular weight is 515 g/mol. The largest absolute Gasteiger partial charge is 0.477 e. The Bertz CT molecular complexity index is 1100. The first-order valence-electron chi connectivity index (χ1n) is 9.56. The molecule has 2 N–H and O–H groups in total. The molecule has 2 aromatic heterocycles. The van der Waals surface area contributed by atoms with Crippen molar-refractivity contribution in [1.82, 2.24) is 30.2 Å². The molecule has 2 atom stereocenters. The van der Waals surface area contributed by atoms with Crippen molar-refractivity contribution in [3.63, 3.8) is 0 Å². The van der Waals surface area contributed by atoms with Gasteiger partial charge in [0, 0.05) is 30.7 Å². The number of carbonyl (C=O) groups is 3. The highest BCUT2D eigenvalue weighted by atomic mass is 35.5. The molecule has 170 valence electrons. The van der Waals surface area contributed by atoms with Crippen LogP contribution in [0.4, 0.5) is 0 Å². The Morgan fingerprint density at radius 2 is 2.16 bits per heavy atom. The van der Waals surface area contributed by atoms with Gasteiger partial charge in [-0.25, -0.2) is 4.79 Å². The van der Waals surface area contributed by atoms with Crippen LogP contribution >= 0.6 is 46.5 Å². The van der Waals surface area contributed by atoms with E-state index in [9.17, 15) is 19.5 Å². The van der Waals surface area contributed by atoms with E-state index in [1.165, 1.54) is 39.8 Å². The SMILES string of the molecule is Cc1nnc(SCC2=C(C(=O)O)N3C(=O)[C@H](NC(=O)CCn4cc(Cl)c(C)n4)[C@H]3SC2)s1. The average Bonchev–Trinajstić information content (AvgIpc) is 3.32. The van der Waals surface area contributed by atoms with Gasteiger partial charge in [-0.1, -0.05) is 34.7 Å². The molecule has 0 aliphatic carbocycles. The van der Waals surface area contributed by atoms with Crippen LogP contribution in [-0.2, 0) is 20.9 Å². The zero-order chi connectivity index (χ0) is 23.0. The fourth-order valence-corrected chi connectivity index (χ4v) is 6.80. The summed E-state index contributed by atoms with van der Waals surface area (Å²) in [6.45, 7) is 3.95. The smallest absolute Gasteiger partial charge is 0.352 e. The normalized spacial score (nSPS) is 20.2. The topological polar surface area (TPSA) is 130 Å². The molecule has 2 aromatic rings. The van der Waals surface area contributed by atoms with Gasteiger partial charge in [0.05, 0.1) is 10.7 Å². The number of amides is 2. The molecule has 2 amide bonds. The van der Waals surface area contributed by atoms with Crippen molar-refractivity contribution in [3.8, 4) is 0 Å². The molecule has 0 radical (unpaired) electrons. The molecule has 0 bridgehead atoms. The van der Waals surface area contributed by atoms with E-state index < -0.39 is 23.3 Å². The van der Waals surface area contributed by atoms with Crippen molar-refractivity contribution in [2.75, 3.05) is 11.5 Å². The molecule has 10 nitrogen and oxygen atoms in total. The minimum Gasteiger partial charge on any atom is -0.477 e. The molecule has 0 unspecified atom stereocenters. The third kappa shape index (κ3) is 4.65. The first kappa shape index (κ1) is 23.1. The molecule has 0 spiro atoms. The van der Waals surface area contributed by atoms with E-state index in [2.05, 4.69) is 20.6 Å². The fraction of sp³-hybridized carbons (Fsp3) is 0.444. The molecular weight excluding hydrogens is 496 g/mol. The molecule has 4 heterocycles. The summed E-state index contributed by atoms with van der Waals surface area (Å²) in [5.74, 6) is -1.01. The van der Waals surface area contributed by atoms with Crippen LogP contribution in [0, 0.1) is 13.8 Å². The summed E-state index contributed by atoms with van der Waals surface area (Å²) in [6, 6.07) is -0.746. The summed E-state index contributed by atoms with van der Waals surface area (Å²) in [5, 5.41) is 25.6. The highest BCUT2D eigenvalue weighted by Crippen LogP contribution is 2.41. The Balaban J connectivity index is 1.37. The molecule has 14 heteroatoms. The van der Waals surface area contributed by atoms with E-state index in [0.29, 0.717) is 34.3 Å². The lowest BCUT2D eigenvalue weighted by molar-refractivity contribution is -0.150. The molecule has 4 rings (SSSR count). The number of hydrogen-bond acceptors (Lipinski definition) is 9. The van der Waals surface area contributed by atoms with E-state index in [1.54, 1.807) is 17.8 Å². The van der Waals surface area contributed by atoms with Crippen LogP contribution in [0.5, 0.6) is 0 Å². The number of aromatic nitrogens is 4. The molecule has 0 aromatic carbocycles. The van der Waals surface area contributed by atoms with Crippen LogP contribution in [0.15, 0.2) is 21.8 Å². The molecule has 1 saturated heterocycles. The van der Waals surface area contributed by atoms with Crippen molar-refractivity contribution in [1.29, 1.82) is 0 Å². The zero-order valence-corrected chi connectivity index (χ0v) is 20.3. The number of carbonyl (C=O) groups excluding carboxylic acids is 2. The third-order valence-electron chi connectivity index (χ3n) is 4.90. The lowest BCUT2D eigenvalue weighted by atomic mass is 10.0. The zero-order valence-electron chi connectivity index (χ0n) is 17.1. The number of aliphatic carboxylic acids is 1. The minimum absolute atomic E-state index is 0.000329. The number of rotatable bonds is 8. The quantitative estimate of drug-likeness (QED) is 0.400. The summed E-state index contributed by atoms with van der Waals surface area (Å²) in [5.41, 5.74) is 1.33. The number of carboxylic acid groups (broad SMARTS) is 1. The maximum Gasteiger partial charge on any atom is 0.352 e. The van der Waals surface area contributed by atoms with Crippen molar-refractivity contribution < 1.29 is 19.5 Å². The van der Waals surface area contributed by atoms with Gasteiger partial charge in [-0.2, -0.15) is 5.10 Å². The van der Waals surface area contributed by atoms with Crippen LogP contribution in [0.1, 0.15) is 17.1 Å². The number of carboxylic acids is 1. The van der Waals surface area contributed by atoms with Gasteiger partial charge in [0.2, 0.25) is 5.91 Å². The highest BCUT2D eigenvalue weighted by molar-refractivity contribution is 8.01. The first-order chi connectivity index (χ1) is 15.2. The predicted molar refractivity (Wildman–Crippen MR) is 122 cm³/mol. The van der Waals surface area contributed by atoms with Crippen molar-refractivity contribution in [3.05, 3.63) is 33.2 Å².